The molecule has 0 N–H and O–H groups in total. The quantitative estimate of drug-likeness (QED) is 0.771. The van der Waals surface area contributed by atoms with Crippen LogP contribution in [0.2, 0.25) is 0 Å². The molecule has 2 aromatic rings. The van der Waals surface area contributed by atoms with Crippen LogP contribution in [0.3, 0.4) is 0 Å². The van der Waals surface area contributed by atoms with E-state index < -0.39 is 0 Å². The first-order chi connectivity index (χ1) is 6.81. The molecule has 0 radical (unpaired) electrons. The van der Waals surface area contributed by atoms with Crippen molar-refractivity contribution in [2.24, 2.45) is 0 Å². The number of hydrogen-bond donors (Lipinski definition) is 0. The van der Waals surface area contributed by atoms with Gasteiger partial charge in [-0.25, -0.2) is 4.98 Å². The van der Waals surface area contributed by atoms with E-state index in [1.54, 1.807) is 0 Å². The Hall–Kier alpha value is -1.42. The van der Waals surface area contributed by atoms with Gasteiger partial charge in [0.2, 0.25) is 0 Å². The number of benzene rings is 1. The van der Waals surface area contributed by atoms with Gasteiger partial charge in [-0.3, -0.25) is 4.79 Å². The van der Waals surface area contributed by atoms with E-state index in [0.29, 0.717) is 17.7 Å². The van der Waals surface area contributed by atoms with E-state index in [0.717, 1.165) is 10.0 Å². The van der Waals surface area contributed by atoms with Crippen molar-refractivity contribution in [3.05, 3.63) is 40.8 Å². The van der Waals surface area contributed by atoms with Gasteiger partial charge in [0.15, 0.2) is 18.4 Å². The lowest BCUT2D eigenvalue weighted by Crippen LogP contribution is -1.83. The molecular formula is C10H6BrNO2. The molecule has 1 aromatic heterocycles. The zero-order valence-corrected chi connectivity index (χ0v) is 8.69. The number of aldehydes is 1. The molecule has 0 aliphatic rings. The lowest BCUT2D eigenvalue weighted by Gasteiger charge is -1.96. The van der Waals surface area contributed by atoms with Crippen LogP contribution in [0.4, 0.5) is 0 Å². The first kappa shape index (κ1) is 9.15. The third-order valence-electron chi connectivity index (χ3n) is 1.81. The number of carbonyl (C=O) groups excluding carboxylic acids is 1. The third kappa shape index (κ3) is 1.61. The summed E-state index contributed by atoms with van der Waals surface area (Å²) < 4.78 is 6.10. The summed E-state index contributed by atoms with van der Waals surface area (Å²) in [6.45, 7) is 0. The van der Waals surface area contributed by atoms with Crippen LogP contribution < -0.4 is 0 Å². The number of hydrogen-bond acceptors (Lipinski definition) is 3. The molecule has 0 amide bonds. The fourth-order valence-corrected chi connectivity index (χ4v) is 1.42. The molecule has 0 fully saturated rings. The maximum absolute atomic E-state index is 10.6. The van der Waals surface area contributed by atoms with E-state index in [4.69, 9.17) is 4.42 Å². The monoisotopic (exact) mass is 251 g/mol. The Kier molecular flexibility index (Phi) is 2.45. The molecule has 0 aliphatic heterocycles. The second-order valence-electron chi connectivity index (χ2n) is 2.69. The van der Waals surface area contributed by atoms with Gasteiger partial charge in [0.25, 0.3) is 0 Å². The summed E-state index contributed by atoms with van der Waals surface area (Å²) in [4.78, 5) is 14.4. The fourth-order valence-electron chi connectivity index (χ4n) is 1.16. The van der Waals surface area contributed by atoms with E-state index in [1.165, 1.54) is 6.39 Å². The summed E-state index contributed by atoms with van der Waals surface area (Å²) in [5, 5.41) is 0. The predicted molar refractivity (Wildman–Crippen MR) is 55.0 cm³/mol. The number of aromatic nitrogens is 1. The van der Waals surface area contributed by atoms with Crippen molar-refractivity contribution >= 4 is 22.2 Å². The average Bonchev–Trinajstić information content (AvgIpc) is 2.67. The predicted octanol–water partition coefficient (Wildman–Crippen LogP) is 2.92. The first-order valence-corrected chi connectivity index (χ1v) is 4.75. The Morgan fingerprint density at radius 2 is 2.00 bits per heavy atom. The average molecular weight is 252 g/mol. The number of nitrogens with zero attached hydrogens (tertiary/aromatic N) is 1. The van der Waals surface area contributed by atoms with Gasteiger partial charge in [0.1, 0.15) is 5.69 Å². The lowest BCUT2D eigenvalue weighted by atomic mass is 10.1. The Balaban J connectivity index is 2.49. The van der Waals surface area contributed by atoms with Crippen LogP contribution in [0.1, 0.15) is 10.5 Å². The number of halogens is 1. The van der Waals surface area contributed by atoms with Crippen molar-refractivity contribution in [1.82, 2.24) is 4.98 Å². The van der Waals surface area contributed by atoms with Gasteiger partial charge in [0, 0.05) is 10.0 Å². The summed E-state index contributed by atoms with van der Waals surface area (Å²) in [6.07, 6.45) is 1.95. The molecule has 0 saturated carbocycles. The van der Waals surface area contributed by atoms with Crippen molar-refractivity contribution in [2.75, 3.05) is 0 Å². The van der Waals surface area contributed by atoms with Crippen molar-refractivity contribution in [2.45, 2.75) is 0 Å². The Morgan fingerprint density at radius 3 is 2.64 bits per heavy atom. The SMILES string of the molecule is O=Cc1ncoc1-c1ccc(Br)cc1. The third-order valence-corrected chi connectivity index (χ3v) is 2.34. The summed E-state index contributed by atoms with van der Waals surface area (Å²) in [7, 11) is 0. The molecule has 0 bridgehead atoms. The highest BCUT2D eigenvalue weighted by atomic mass is 79.9. The zero-order valence-electron chi connectivity index (χ0n) is 7.11. The molecule has 2 rings (SSSR count). The normalized spacial score (nSPS) is 10.1. The van der Waals surface area contributed by atoms with Crippen LogP contribution in [-0.4, -0.2) is 11.3 Å². The van der Waals surface area contributed by atoms with E-state index in [-0.39, 0.29) is 0 Å². The smallest absolute Gasteiger partial charge is 0.182 e. The molecule has 0 unspecified atom stereocenters. The summed E-state index contributed by atoms with van der Waals surface area (Å²) in [5.74, 6) is 0.507. The van der Waals surface area contributed by atoms with Gasteiger partial charge in [-0.05, 0) is 12.1 Å². The topological polar surface area (TPSA) is 43.1 Å². The minimum absolute atomic E-state index is 0.326. The van der Waals surface area contributed by atoms with Crippen LogP contribution in [0.15, 0.2) is 39.5 Å². The lowest BCUT2D eigenvalue weighted by molar-refractivity contribution is 0.112. The number of rotatable bonds is 2. The van der Waals surface area contributed by atoms with Crippen LogP contribution in [0, 0.1) is 0 Å². The summed E-state index contributed by atoms with van der Waals surface area (Å²) >= 11 is 3.33. The van der Waals surface area contributed by atoms with Gasteiger partial charge in [0.05, 0.1) is 0 Å². The van der Waals surface area contributed by atoms with Crippen molar-refractivity contribution < 1.29 is 9.21 Å². The van der Waals surface area contributed by atoms with Crippen LogP contribution in [0.25, 0.3) is 11.3 Å². The minimum atomic E-state index is 0.326. The first-order valence-electron chi connectivity index (χ1n) is 3.96. The van der Waals surface area contributed by atoms with Gasteiger partial charge in [-0.2, -0.15) is 0 Å². The van der Waals surface area contributed by atoms with E-state index in [2.05, 4.69) is 20.9 Å². The summed E-state index contributed by atoms with van der Waals surface area (Å²) in [6, 6.07) is 7.48. The van der Waals surface area contributed by atoms with Crippen molar-refractivity contribution in [3.8, 4) is 11.3 Å². The Labute approximate surface area is 88.9 Å². The van der Waals surface area contributed by atoms with Crippen LogP contribution in [-0.2, 0) is 0 Å². The molecule has 70 valence electrons. The largest absolute Gasteiger partial charge is 0.443 e. The molecule has 3 nitrogen and oxygen atoms in total. The molecule has 0 atom stereocenters. The molecule has 14 heavy (non-hydrogen) atoms. The Morgan fingerprint density at radius 1 is 1.29 bits per heavy atom. The summed E-state index contributed by atoms with van der Waals surface area (Å²) in [5.41, 5.74) is 1.17. The van der Waals surface area contributed by atoms with Crippen molar-refractivity contribution in [3.63, 3.8) is 0 Å². The van der Waals surface area contributed by atoms with E-state index >= 15 is 0 Å². The second kappa shape index (κ2) is 3.75. The second-order valence-corrected chi connectivity index (χ2v) is 3.61. The van der Waals surface area contributed by atoms with Crippen molar-refractivity contribution in [1.29, 1.82) is 0 Å². The van der Waals surface area contributed by atoms with Gasteiger partial charge in [-0.1, -0.05) is 28.1 Å². The maximum Gasteiger partial charge on any atom is 0.182 e. The van der Waals surface area contributed by atoms with Crippen LogP contribution >= 0.6 is 15.9 Å². The van der Waals surface area contributed by atoms with E-state index in [9.17, 15) is 4.79 Å². The molecular weight excluding hydrogens is 246 g/mol. The number of oxazole rings is 1. The molecule has 1 aromatic carbocycles. The standard InChI is InChI=1S/C10H6BrNO2/c11-8-3-1-7(2-4-8)10-9(5-13)12-6-14-10/h1-6H. The fraction of sp³-hybridized carbons (Fsp3) is 0. The molecule has 4 heteroatoms. The highest BCUT2D eigenvalue weighted by Crippen LogP contribution is 2.23. The Bertz CT molecular complexity index is 447. The van der Waals surface area contributed by atoms with Gasteiger partial charge >= 0.3 is 0 Å². The van der Waals surface area contributed by atoms with Gasteiger partial charge < -0.3 is 4.42 Å². The molecule has 0 saturated heterocycles. The highest BCUT2D eigenvalue weighted by molar-refractivity contribution is 9.10. The zero-order chi connectivity index (χ0) is 9.97. The number of carbonyl (C=O) groups is 1. The molecule has 0 spiro atoms. The highest BCUT2D eigenvalue weighted by Gasteiger charge is 2.08. The van der Waals surface area contributed by atoms with E-state index in [1.807, 2.05) is 24.3 Å². The minimum Gasteiger partial charge on any atom is -0.443 e. The molecule has 1 heterocycles. The van der Waals surface area contributed by atoms with Gasteiger partial charge in [-0.15, -0.1) is 0 Å². The maximum atomic E-state index is 10.6. The molecule has 0 aliphatic carbocycles. The van der Waals surface area contributed by atoms with Crippen LogP contribution in [0.5, 0.6) is 0 Å².